The lowest BCUT2D eigenvalue weighted by molar-refractivity contribution is 0.342. The van der Waals surface area contributed by atoms with Gasteiger partial charge in [-0.2, -0.15) is 0 Å². The molecular weight excluding hydrogens is 286 g/mol. The Morgan fingerprint density at radius 2 is 1.55 bits per heavy atom. The van der Waals surface area contributed by atoms with E-state index >= 15 is 0 Å². The minimum atomic E-state index is -4.17. The van der Waals surface area contributed by atoms with Gasteiger partial charge in [0.2, 0.25) is 10.0 Å². The largest absolute Gasteiger partial charge is 0.317 e. The number of hydrogen-bond donors (Lipinski definition) is 2. The van der Waals surface area contributed by atoms with Crippen LogP contribution < -0.4 is 10.0 Å². The van der Waals surface area contributed by atoms with E-state index in [1.54, 1.807) is 0 Å². The molecule has 2 rings (SSSR count). The minimum Gasteiger partial charge on any atom is -0.317 e. The summed E-state index contributed by atoms with van der Waals surface area (Å²) in [7, 11) is -2.30. The van der Waals surface area contributed by atoms with Gasteiger partial charge in [0.15, 0.2) is 4.90 Å². The summed E-state index contributed by atoms with van der Waals surface area (Å²) in [6, 6.07) is 3.12. The van der Waals surface area contributed by atoms with Crippen molar-refractivity contribution in [3.05, 3.63) is 29.8 Å². The molecule has 0 spiro atoms. The molecule has 4 nitrogen and oxygen atoms in total. The van der Waals surface area contributed by atoms with Crippen LogP contribution in [-0.4, -0.2) is 27.5 Å². The topological polar surface area (TPSA) is 58.2 Å². The third kappa shape index (κ3) is 3.34. The van der Waals surface area contributed by atoms with Crippen LogP contribution in [0.15, 0.2) is 23.1 Å². The first-order valence-corrected chi connectivity index (χ1v) is 8.06. The number of nitrogens with one attached hydrogen (secondary N) is 2. The summed E-state index contributed by atoms with van der Waals surface area (Å²) < 4.78 is 53.7. The van der Waals surface area contributed by atoms with E-state index in [1.165, 1.54) is 0 Å². The molecule has 0 radical (unpaired) electrons. The maximum Gasteiger partial charge on any atom is 0.246 e. The van der Waals surface area contributed by atoms with Gasteiger partial charge in [-0.1, -0.05) is 6.07 Å². The molecule has 0 unspecified atom stereocenters. The van der Waals surface area contributed by atoms with E-state index in [2.05, 4.69) is 10.0 Å². The molecule has 0 amide bonds. The molecule has 1 aliphatic rings. The first kappa shape index (κ1) is 15.3. The number of hydrogen-bond acceptors (Lipinski definition) is 3. The van der Waals surface area contributed by atoms with E-state index in [4.69, 9.17) is 0 Å². The fourth-order valence-electron chi connectivity index (χ4n) is 2.52. The van der Waals surface area contributed by atoms with Crippen molar-refractivity contribution in [1.82, 2.24) is 10.0 Å². The lowest BCUT2D eigenvalue weighted by Crippen LogP contribution is -2.41. The van der Waals surface area contributed by atoms with Crippen LogP contribution in [0.4, 0.5) is 8.78 Å². The summed E-state index contributed by atoms with van der Waals surface area (Å²) in [5.74, 6) is -2.14. The minimum absolute atomic E-state index is 0.274. The van der Waals surface area contributed by atoms with Crippen LogP contribution in [0.5, 0.6) is 0 Å². The Balaban J connectivity index is 2.12. The highest BCUT2D eigenvalue weighted by atomic mass is 32.2. The van der Waals surface area contributed by atoms with E-state index in [0.717, 1.165) is 31.0 Å². The lowest BCUT2D eigenvalue weighted by Gasteiger charge is -2.28. The van der Waals surface area contributed by atoms with E-state index in [0.29, 0.717) is 18.9 Å². The molecule has 0 bridgehead atoms. The normalized spacial score (nSPS) is 23.8. The van der Waals surface area contributed by atoms with E-state index in [1.807, 2.05) is 7.05 Å². The second kappa shape index (κ2) is 6.15. The van der Waals surface area contributed by atoms with Crippen LogP contribution in [0.25, 0.3) is 0 Å². The summed E-state index contributed by atoms with van der Waals surface area (Å²) in [5.41, 5.74) is 0. The second-order valence-electron chi connectivity index (χ2n) is 5.01. The molecular formula is C13H18F2N2O2S. The average molecular weight is 304 g/mol. The van der Waals surface area contributed by atoms with Gasteiger partial charge >= 0.3 is 0 Å². The Kier molecular flexibility index (Phi) is 4.72. The molecule has 1 aromatic rings. The smallest absolute Gasteiger partial charge is 0.246 e. The molecule has 0 aliphatic heterocycles. The Labute approximate surface area is 117 Å². The van der Waals surface area contributed by atoms with Gasteiger partial charge in [-0.15, -0.1) is 0 Å². The highest BCUT2D eigenvalue weighted by Gasteiger charge is 2.29. The van der Waals surface area contributed by atoms with Crippen LogP contribution in [0.2, 0.25) is 0 Å². The van der Waals surface area contributed by atoms with Gasteiger partial charge < -0.3 is 5.32 Å². The molecule has 20 heavy (non-hydrogen) atoms. The van der Waals surface area contributed by atoms with Crippen LogP contribution in [0.1, 0.15) is 25.7 Å². The van der Waals surface area contributed by atoms with Crippen molar-refractivity contribution < 1.29 is 17.2 Å². The summed E-state index contributed by atoms with van der Waals surface area (Å²) in [4.78, 5) is -0.893. The first-order valence-electron chi connectivity index (χ1n) is 6.57. The van der Waals surface area contributed by atoms with E-state index < -0.39 is 26.6 Å². The van der Waals surface area contributed by atoms with Crippen LogP contribution in [0.3, 0.4) is 0 Å². The molecule has 1 aromatic carbocycles. The molecule has 1 saturated carbocycles. The van der Waals surface area contributed by atoms with Crippen LogP contribution >= 0.6 is 0 Å². The summed E-state index contributed by atoms with van der Waals surface area (Å²) in [6.45, 7) is 0. The van der Waals surface area contributed by atoms with E-state index in [9.17, 15) is 17.2 Å². The molecule has 7 heteroatoms. The highest BCUT2D eigenvalue weighted by Crippen LogP contribution is 2.23. The SMILES string of the molecule is CNC1CCC(NS(=O)(=O)c2c(F)cccc2F)CC1. The number of sulfonamides is 1. The number of benzene rings is 1. The molecule has 1 fully saturated rings. The summed E-state index contributed by atoms with van der Waals surface area (Å²) in [6.07, 6.45) is 2.98. The average Bonchev–Trinajstić information content (AvgIpc) is 2.38. The van der Waals surface area contributed by atoms with Gasteiger partial charge in [0.1, 0.15) is 11.6 Å². The first-order chi connectivity index (χ1) is 9.44. The zero-order valence-corrected chi connectivity index (χ0v) is 12.0. The number of rotatable bonds is 4. The van der Waals surface area contributed by atoms with Crippen molar-refractivity contribution >= 4 is 10.0 Å². The third-order valence-electron chi connectivity index (χ3n) is 3.64. The maximum absolute atomic E-state index is 13.5. The van der Waals surface area contributed by atoms with Gasteiger partial charge in [-0.3, -0.25) is 0 Å². The van der Waals surface area contributed by atoms with Crippen molar-refractivity contribution in [2.75, 3.05) is 7.05 Å². The fourth-order valence-corrected chi connectivity index (χ4v) is 3.96. The van der Waals surface area contributed by atoms with Crippen molar-refractivity contribution in [2.45, 2.75) is 42.7 Å². The number of halogens is 2. The maximum atomic E-state index is 13.5. The van der Waals surface area contributed by atoms with Crippen LogP contribution in [0, 0.1) is 11.6 Å². The molecule has 2 N–H and O–H groups in total. The Morgan fingerprint density at radius 1 is 1.05 bits per heavy atom. The quantitative estimate of drug-likeness (QED) is 0.891. The highest BCUT2D eigenvalue weighted by molar-refractivity contribution is 7.89. The molecule has 0 heterocycles. The second-order valence-corrected chi connectivity index (χ2v) is 6.66. The van der Waals surface area contributed by atoms with Crippen molar-refractivity contribution in [2.24, 2.45) is 0 Å². The molecule has 0 aromatic heterocycles. The standard InChI is InChI=1S/C13H18F2N2O2S/c1-16-9-5-7-10(8-6-9)17-20(18,19)13-11(14)3-2-4-12(13)15/h2-4,9-10,16-17H,5-8H2,1H3. The molecule has 0 atom stereocenters. The Morgan fingerprint density at radius 3 is 2.05 bits per heavy atom. The Bertz CT molecular complexity index is 549. The summed E-state index contributed by atoms with van der Waals surface area (Å²) in [5, 5.41) is 3.14. The van der Waals surface area contributed by atoms with Gasteiger partial charge in [0, 0.05) is 12.1 Å². The van der Waals surface area contributed by atoms with Crippen molar-refractivity contribution in [3.63, 3.8) is 0 Å². The summed E-state index contributed by atoms with van der Waals surface area (Å²) >= 11 is 0. The molecule has 1 aliphatic carbocycles. The van der Waals surface area contributed by atoms with Gasteiger partial charge in [0.05, 0.1) is 0 Å². The molecule has 112 valence electrons. The van der Waals surface area contributed by atoms with Gasteiger partial charge in [-0.05, 0) is 44.9 Å². The third-order valence-corrected chi connectivity index (χ3v) is 5.22. The Hall–Kier alpha value is -1.05. The van der Waals surface area contributed by atoms with Crippen molar-refractivity contribution in [1.29, 1.82) is 0 Å². The van der Waals surface area contributed by atoms with Crippen molar-refractivity contribution in [3.8, 4) is 0 Å². The fraction of sp³-hybridized carbons (Fsp3) is 0.538. The molecule has 0 saturated heterocycles. The van der Waals surface area contributed by atoms with Crippen LogP contribution in [-0.2, 0) is 10.0 Å². The lowest BCUT2D eigenvalue weighted by atomic mass is 9.92. The van der Waals surface area contributed by atoms with Gasteiger partial charge in [0.25, 0.3) is 0 Å². The van der Waals surface area contributed by atoms with Gasteiger partial charge in [-0.25, -0.2) is 21.9 Å². The zero-order chi connectivity index (χ0) is 14.8. The monoisotopic (exact) mass is 304 g/mol. The zero-order valence-electron chi connectivity index (χ0n) is 11.2. The predicted octanol–water partition coefficient (Wildman–Crippen LogP) is 1.77. The van der Waals surface area contributed by atoms with E-state index in [-0.39, 0.29) is 6.04 Å². The predicted molar refractivity (Wildman–Crippen MR) is 71.8 cm³/mol.